The van der Waals surface area contributed by atoms with Crippen LogP contribution in [0.3, 0.4) is 0 Å². The van der Waals surface area contributed by atoms with E-state index < -0.39 is 40.3 Å². The molecular formula is C18H22N2O6S. The largest absolute Gasteiger partial charge is 0.455 e. The van der Waals surface area contributed by atoms with Crippen molar-refractivity contribution in [2.75, 3.05) is 29.6 Å². The summed E-state index contributed by atoms with van der Waals surface area (Å²) in [5, 5.41) is 2.56. The monoisotopic (exact) mass is 394 g/mol. The van der Waals surface area contributed by atoms with Crippen LogP contribution in [0, 0.1) is 12.8 Å². The lowest BCUT2D eigenvalue weighted by atomic mass is 10.1. The first kappa shape index (κ1) is 19.3. The molecule has 0 spiro atoms. The minimum atomic E-state index is -3.09. The molecule has 2 amide bonds. The third-order valence-electron chi connectivity index (χ3n) is 4.75. The Bertz CT molecular complexity index is 849. The van der Waals surface area contributed by atoms with Crippen molar-refractivity contribution in [1.29, 1.82) is 0 Å². The molecule has 0 bridgehead atoms. The first-order valence-corrected chi connectivity index (χ1v) is 10.6. The Hall–Kier alpha value is -2.42. The maximum atomic E-state index is 12.2. The van der Waals surface area contributed by atoms with E-state index in [2.05, 4.69) is 5.32 Å². The zero-order valence-corrected chi connectivity index (χ0v) is 15.8. The molecule has 1 N–H and O–H groups in total. The van der Waals surface area contributed by atoms with Gasteiger partial charge in [0.05, 0.1) is 17.4 Å². The van der Waals surface area contributed by atoms with Crippen molar-refractivity contribution >= 4 is 33.3 Å². The number of carbonyl (C=O) groups is 3. The topological polar surface area (TPSA) is 110 Å². The van der Waals surface area contributed by atoms with E-state index in [1.54, 1.807) is 0 Å². The van der Waals surface area contributed by atoms with Crippen LogP contribution < -0.4 is 10.2 Å². The summed E-state index contributed by atoms with van der Waals surface area (Å²) < 4.78 is 27.8. The molecule has 2 heterocycles. The van der Waals surface area contributed by atoms with Crippen molar-refractivity contribution in [2.45, 2.75) is 25.8 Å². The molecule has 2 saturated heterocycles. The van der Waals surface area contributed by atoms with Crippen molar-refractivity contribution in [3.8, 4) is 0 Å². The number of esters is 1. The predicted octanol–water partition coefficient (Wildman–Crippen LogP) is 0.194. The number of hydrogen-bond donors (Lipinski definition) is 1. The van der Waals surface area contributed by atoms with Crippen molar-refractivity contribution in [3.05, 3.63) is 29.8 Å². The van der Waals surface area contributed by atoms with E-state index in [1.165, 1.54) is 4.90 Å². The fourth-order valence-corrected chi connectivity index (χ4v) is 4.95. The quantitative estimate of drug-likeness (QED) is 0.714. The number of nitrogens with one attached hydrogen (secondary N) is 1. The maximum absolute atomic E-state index is 12.2. The minimum absolute atomic E-state index is 0.0369. The number of nitrogens with zero attached hydrogens (tertiary/aromatic N) is 1. The molecule has 9 heteroatoms. The normalized spacial score (nSPS) is 24.0. The van der Waals surface area contributed by atoms with E-state index in [-0.39, 0.29) is 30.4 Å². The van der Waals surface area contributed by atoms with Crippen molar-refractivity contribution in [2.24, 2.45) is 5.92 Å². The van der Waals surface area contributed by atoms with Gasteiger partial charge in [0.15, 0.2) is 16.4 Å². The highest BCUT2D eigenvalue weighted by atomic mass is 32.2. The maximum Gasteiger partial charge on any atom is 0.311 e. The molecule has 2 aliphatic heterocycles. The first-order valence-electron chi connectivity index (χ1n) is 8.77. The van der Waals surface area contributed by atoms with Crippen LogP contribution in [-0.2, 0) is 29.0 Å². The number of carbonyl (C=O) groups excluding carboxylic acids is 3. The second-order valence-corrected chi connectivity index (χ2v) is 9.24. The molecule has 0 unspecified atom stereocenters. The van der Waals surface area contributed by atoms with Crippen LogP contribution in [0.25, 0.3) is 0 Å². The molecule has 1 aromatic rings. The van der Waals surface area contributed by atoms with Gasteiger partial charge in [-0.15, -0.1) is 0 Å². The highest BCUT2D eigenvalue weighted by Gasteiger charge is 2.36. The Kier molecular flexibility index (Phi) is 5.50. The lowest BCUT2D eigenvalue weighted by molar-refractivity contribution is -0.152. The van der Waals surface area contributed by atoms with E-state index in [1.807, 2.05) is 31.2 Å². The summed E-state index contributed by atoms with van der Waals surface area (Å²) in [5.41, 5.74) is 1.79. The molecule has 2 fully saturated rings. The summed E-state index contributed by atoms with van der Waals surface area (Å²) in [6, 6.07) is 6.99. The summed E-state index contributed by atoms with van der Waals surface area (Å²) in [5.74, 6) is -1.97. The van der Waals surface area contributed by atoms with Crippen LogP contribution in [0.4, 0.5) is 5.69 Å². The number of benzene rings is 1. The van der Waals surface area contributed by atoms with E-state index in [0.29, 0.717) is 6.42 Å². The van der Waals surface area contributed by atoms with Crippen molar-refractivity contribution < 1.29 is 27.5 Å². The molecule has 3 rings (SSSR count). The molecule has 0 aliphatic carbocycles. The number of aryl methyl sites for hydroxylation is 1. The summed E-state index contributed by atoms with van der Waals surface area (Å²) >= 11 is 0. The highest BCUT2D eigenvalue weighted by Crippen LogP contribution is 2.26. The van der Waals surface area contributed by atoms with Gasteiger partial charge in [-0.05, 0) is 25.5 Å². The smallest absolute Gasteiger partial charge is 0.311 e. The molecule has 0 aromatic heterocycles. The Morgan fingerprint density at radius 3 is 2.59 bits per heavy atom. The molecule has 8 nitrogen and oxygen atoms in total. The van der Waals surface area contributed by atoms with Gasteiger partial charge in [-0.25, -0.2) is 8.42 Å². The van der Waals surface area contributed by atoms with Gasteiger partial charge in [-0.1, -0.05) is 17.7 Å². The van der Waals surface area contributed by atoms with Crippen LogP contribution in [0.5, 0.6) is 0 Å². The fourth-order valence-electron chi connectivity index (χ4n) is 3.27. The van der Waals surface area contributed by atoms with Crippen LogP contribution in [0.2, 0.25) is 0 Å². The van der Waals surface area contributed by atoms with E-state index in [0.717, 1.165) is 11.3 Å². The lowest BCUT2D eigenvalue weighted by Crippen LogP contribution is -2.38. The fraction of sp³-hybridized carbons (Fsp3) is 0.500. The van der Waals surface area contributed by atoms with Gasteiger partial charge in [-0.3, -0.25) is 14.4 Å². The average Bonchev–Trinajstić information content (AvgIpc) is 3.15. The molecule has 146 valence electrons. The van der Waals surface area contributed by atoms with Crippen LogP contribution in [0.1, 0.15) is 18.4 Å². The standard InChI is InChI=1S/C18H22N2O6S/c1-12-2-4-15(5-3-12)20-9-13(8-17(20)22)18(23)26-10-16(21)19-14-6-7-27(24,25)11-14/h2-5,13-14H,6-11H2,1H3,(H,19,21)/t13-,14+/m1/s1. The van der Waals surface area contributed by atoms with Crippen molar-refractivity contribution in [3.63, 3.8) is 0 Å². The second kappa shape index (κ2) is 7.67. The van der Waals surface area contributed by atoms with Gasteiger partial charge in [-0.2, -0.15) is 0 Å². The highest BCUT2D eigenvalue weighted by molar-refractivity contribution is 7.91. The molecule has 2 aliphatic rings. The number of anilines is 1. The number of rotatable bonds is 5. The third kappa shape index (κ3) is 4.85. The van der Waals surface area contributed by atoms with Gasteiger partial charge in [0.25, 0.3) is 5.91 Å². The van der Waals surface area contributed by atoms with Gasteiger partial charge in [0.1, 0.15) is 0 Å². The van der Waals surface area contributed by atoms with Gasteiger partial charge < -0.3 is 15.0 Å². The van der Waals surface area contributed by atoms with E-state index >= 15 is 0 Å². The third-order valence-corrected chi connectivity index (χ3v) is 6.52. The lowest BCUT2D eigenvalue weighted by Gasteiger charge is -2.17. The van der Waals surface area contributed by atoms with Crippen LogP contribution in [0.15, 0.2) is 24.3 Å². The first-order chi connectivity index (χ1) is 12.7. The molecule has 0 saturated carbocycles. The van der Waals surface area contributed by atoms with E-state index in [4.69, 9.17) is 4.74 Å². The minimum Gasteiger partial charge on any atom is -0.455 e. The van der Waals surface area contributed by atoms with Crippen molar-refractivity contribution in [1.82, 2.24) is 5.32 Å². The number of sulfone groups is 1. The summed E-state index contributed by atoms with van der Waals surface area (Å²) in [6.45, 7) is 1.68. The van der Waals surface area contributed by atoms with Gasteiger partial charge in [0.2, 0.25) is 5.91 Å². The van der Waals surface area contributed by atoms with Gasteiger partial charge >= 0.3 is 5.97 Å². The summed E-state index contributed by atoms with van der Waals surface area (Å²) in [7, 11) is -3.09. The zero-order valence-electron chi connectivity index (χ0n) is 15.0. The summed E-state index contributed by atoms with van der Waals surface area (Å²) in [4.78, 5) is 37.8. The molecule has 1 aromatic carbocycles. The predicted molar refractivity (Wildman–Crippen MR) is 97.8 cm³/mol. The molecule has 27 heavy (non-hydrogen) atoms. The zero-order chi connectivity index (χ0) is 19.6. The van der Waals surface area contributed by atoms with Gasteiger partial charge in [0, 0.05) is 24.7 Å². The molecule has 2 atom stereocenters. The Morgan fingerprint density at radius 1 is 1.26 bits per heavy atom. The van der Waals surface area contributed by atoms with E-state index in [9.17, 15) is 22.8 Å². The number of amides is 2. The Labute approximate surface area is 157 Å². The molecule has 0 radical (unpaired) electrons. The second-order valence-electron chi connectivity index (χ2n) is 7.02. The summed E-state index contributed by atoms with van der Waals surface area (Å²) in [6.07, 6.45) is 0.403. The SMILES string of the molecule is Cc1ccc(N2C[C@H](C(=O)OCC(=O)N[C@H]3CCS(=O)(=O)C3)CC2=O)cc1. The number of ether oxygens (including phenoxy) is 1. The average molecular weight is 394 g/mol. The Morgan fingerprint density at radius 2 is 1.96 bits per heavy atom. The molecular weight excluding hydrogens is 372 g/mol. The number of hydrogen-bond acceptors (Lipinski definition) is 6. The van der Waals surface area contributed by atoms with Crippen LogP contribution >= 0.6 is 0 Å². The Balaban J connectivity index is 1.48. The van der Waals surface area contributed by atoms with Crippen LogP contribution in [-0.4, -0.2) is 56.9 Å².